The smallest absolute Gasteiger partial charge is 0.416 e. The van der Waals surface area contributed by atoms with E-state index in [1.165, 1.54) is 30.5 Å². The average Bonchev–Trinajstić information content (AvgIpc) is 2.59. The van der Waals surface area contributed by atoms with Crippen LogP contribution in [0.15, 0.2) is 58.7 Å². The number of benzene rings is 1. The number of ether oxygens (including phenoxy) is 1. The SMILES string of the molecule is CC(C)(C)OC(=O)C=Cc1ncccc1N=C=Nc1cccc(C(F)(F)F)c1. The number of carbonyl (C=O) groups is 1. The molecule has 0 bridgehead atoms. The molecule has 0 aliphatic carbocycles. The molecule has 1 aromatic heterocycles. The molecule has 0 unspecified atom stereocenters. The summed E-state index contributed by atoms with van der Waals surface area (Å²) in [5.74, 6) is -0.536. The number of halogens is 3. The highest BCUT2D eigenvalue weighted by molar-refractivity contribution is 5.88. The topological polar surface area (TPSA) is 63.9 Å². The number of hydrogen-bond donors (Lipinski definition) is 0. The molecule has 0 saturated carbocycles. The van der Waals surface area contributed by atoms with Gasteiger partial charge in [0.15, 0.2) is 0 Å². The molecule has 0 aliphatic heterocycles. The van der Waals surface area contributed by atoms with Crippen LogP contribution in [0.3, 0.4) is 0 Å². The first kappa shape index (κ1) is 21.1. The minimum absolute atomic E-state index is 0.0633. The Hall–Kier alpha value is -3.25. The summed E-state index contributed by atoms with van der Waals surface area (Å²) >= 11 is 0. The van der Waals surface area contributed by atoms with Crippen molar-refractivity contribution in [3.05, 3.63) is 59.9 Å². The fraction of sp³-hybridized carbons (Fsp3) is 0.250. The Bertz CT molecular complexity index is 938. The van der Waals surface area contributed by atoms with Crippen molar-refractivity contribution in [3.63, 3.8) is 0 Å². The molecule has 2 rings (SSSR count). The number of nitrogens with zero attached hydrogens (tertiary/aromatic N) is 3. The second-order valence-corrected chi connectivity index (χ2v) is 6.65. The number of pyridine rings is 1. The highest BCUT2D eigenvalue weighted by Crippen LogP contribution is 2.31. The second kappa shape index (κ2) is 8.63. The van der Waals surface area contributed by atoms with E-state index in [9.17, 15) is 18.0 Å². The molecule has 8 heteroatoms. The summed E-state index contributed by atoms with van der Waals surface area (Å²) in [6.07, 6.45) is -0.293. The number of aliphatic imine (C=N–C) groups is 2. The lowest BCUT2D eigenvalue weighted by Crippen LogP contribution is -2.22. The van der Waals surface area contributed by atoms with Crippen molar-refractivity contribution in [2.45, 2.75) is 32.5 Å². The summed E-state index contributed by atoms with van der Waals surface area (Å²) in [6.45, 7) is 5.25. The van der Waals surface area contributed by atoms with Crippen LogP contribution in [0.25, 0.3) is 6.08 Å². The predicted octanol–water partition coefficient (Wildman–Crippen LogP) is 5.59. The molecule has 0 N–H and O–H groups in total. The Morgan fingerprint density at radius 2 is 1.89 bits per heavy atom. The van der Waals surface area contributed by atoms with Crippen molar-refractivity contribution in [1.82, 2.24) is 4.98 Å². The zero-order valence-corrected chi connectivity index (χ0v) is 15.5. The van der Waals surface area contributed by atoms with Crippen LogP contribution in [0.2, 0.25) is 0 Å². The van der Waals surface area contributed by atoms with Crippen LogP contribution in [0.5, 0.6) is 0 Å². The maximum absolute atomic E-state index is 12.7. The molecule has 1 heterocycles. The molecule has 28 heavy (non-hydrogen) atoms. The Kier molecular flexibility index (Phi) is 6.49. The Balaban J connectivity index is 2.21. The molecule has 0 fully saturated rings. The van der Waals surface area contributed by atoms with Crippen molar-refractivity contribution in [1.29, 1.82) is 0 Å². The Morgan fingerprint density at radius 1 is 1.14 bits per heavy atom. The number of hydrogen-bond acceptors (Lipinski definition) is 5. The first-order chi connectivity index (χ1) is 13.0. The lowest BCUT2D eigenvalue weighted by molar-refractivity contribution is -0.148. The molecule has 2 aromatic rings. The normalized spacial score (nSPS) is 11.8. The zero-order chi connectivity index (χ0) is 20.8. The van der Waals surface area contributed by atoms with Crippen LogP contribution in [0, 0.1) is 0 Å². The van der Waals surface area contributed by atoms with Gasteiger partial charge in [-0.05, 0) is 57.2 Å². The number of carbonyl (C=O) groups excluding carboxylic acids is 1. The van der Waals surface area contributed by atoms with Gasteiger partial charge >= 0.3 is 12.1 Å². The molecule has 0 spiro atoms. The van der Waals surface area contributed by atoms with E-state index in [2.05, 4.69) is 21.0 Å². The lowest BCUT2D eigenvalue weighted by atomic mass is 10.2. The third-order valence-electron chi connectivity index (χ3n) is 3.12. The maximum atomic E-state index is 12.7. The number of rotatable bonds is 4. The lowest BCUT2D eigenvalue weighted by Gasteiger charge is -2.17. The Morgan fingerprint density at radius 3 is 2.57 bits per heavy atom. The van der Waals surface area contributed by atoms with Crippen molar-refractivity contribution in [2.24, 2.45) is 9.98 Å². The van der Waals surface area contributed by atoms with E-state index in [1.807, 2.05) is 0 Å². The van der Waals surface area contributed by atoms with Gasteiger partial charge in [0.25, 0.3) is 0 Å². The van der Waals surface area contributed by atoms with Crippen molar-refractivity contribution in [2.75, 3.05) is 0 Å². The average molecular weight is 389 g/mol. The molecule has 0 radical (unpaired) electrons. The maximum Gasteiger partial charge on any atom is 0.416 e. The van der Waals surface area contributed by atoms with Gasteiger partial charge in [0.1, 0.15) is 17.3 Å². The standard InChI is InChI=1S/C20H18F3N3O2/c1-19(2,3)28-18(27)10-9-17-16(8-5-11-24-17)26-13-25-15-7-4-6-14(12-15)20(21,22)23/h4-12H,1-3H3. The van der Waals surface area contributed by atoms with Gasteiger partial charge in [-0.25, -0.2) is 4.79 Å². The predicted molar refractivity (Wildman–Crippen MR) is 99.7 cm³/mol. The third kappa shape index (κ3) is 6.81. The number of alkyl halides is 3. The summed E-state index contributed by atoms with van der Waals surface area (Å²) in [7, 11) is 0. The zero-order valence-electron chi connectivity index (χ0n) is 15.5. The molecular weight excluding hydrogens is 371 g/mol. The first-order valence-corrected chi connectivity index (χ1v) is 8.24. The third-order valence-corrected chi connectivity index (χ3v) is 3.12. The summed E-state index contributed by atoms with van der Waals surface area (Å²) in [4.78, 5) is 23.6. The molecule has 0 amide bonds. The van der Waals surface area contributed by atoms with Crippen LogP contribution < -0.4 is 0 Å². The second-order valence-electron chi connectivity index (χ2n) is 6.65. The fourth-order valence-electron chi connectivity index (χ4n) is 2.00. The van der Waals surface area contributed by atoms with Crippen molar-refractivity contribution >= 4 is 29.4 Å². The number of aromatic nitrogens is 1. The van der Waals surface area contributed by atoms with Crippen molar-refractivity contribution in [3.8, 4) is 0 Å². The van der Waals surface area contributed by atoms with Crippen LogP contribution in [-0.2, 0) is 15.7 Å². The van der Waals surface area contributed by atoms with E-state index in [4.69, 9.17) is 4.74 Å². The minimum atomic E-state index is -4.45. The van der Waals surface area contributed by atoms with Crippen LogP contribution in [0.1, 0.15) is 32.0 Å². The fourth-order valence-corrected chi connectivity index (χ4v) is 2.00. The summed E-state index contributed by atoms with van der Waals surface area (Å²) in [6, 6.07) is 10.1. The van der Waals surface area contributed by atoms with E-state index in [-0.39, 0.29) is 5.69 Å². The highest BCUT2D eigenvalue weighted by Gasteiger charge is 2.30. The molecule has 5 nitrogen and oxygen atoms in total. The first-order valence-electron chi connectivity index (χ1n) is 8.24. The molecule has 146 valence electrons. The van der Waals surface area contributed by atoms with Gasteiger partial charge in [-0.3, -0.25) is 4.98 Å². The van der Waals surface area contributed by atoms with Gasteiger partial charge in [-0.2, -0.15) is 23.2 Å². The Labute approximate surface area is 160 Å². The molecule has 1 aromatic carbocycles. The van der Waals surface area contributed by atoms with Gasteiger partial charge in [-0.15, -0.1) is 0 Å². The molecule has 0 saturated heterocycles. The summed E-state index contributed by atoms with van der Waals surface area (Å²) in [5, 5.41) is 0. The van der Waals surface area contributed by atoms with Gasteiger partial charge < -0.3 is 4.74 Å². The van der Waals surface area contributed by atoms with E-state index in [0.29, 0.717) is 11.4 Å². The van der Waals surface area contributed by atoms with Crippen LogP contribution in [0.4, 0.5) is 24.5 Å². The van der Waals surface area contributed by atoms with Gasteiger partial charge in [-0.1, -0.05) is 6.07 Å². The summed E-state index contributed by atoms with van der Waals surface area (Å²) < 4.78 is 43.3. The van der Waals surface area contributed by atoms with E-state index < -0.39 is 23.3 Å². The van der Waals surface area contributed by atoms with E-state index >= 15 is 0 Å². The van der Waals surface area contributed by atoms with Gasteiger partial charge in [0, 0.05) is 12.3 Å². The monoisotopic (exact) mass is 389 g/mol. The molecule has 0 aliphatic rings. The van der Waals surface area contributed by atoms with Gasteiger partial charge in [0.05, 0.1) is 16.9 Å². The van der Waals surface area contributed by atoms with E-state index in [1.54, 1.807) is 32.9 Å². The minimum Gasteiger partial charge on any atom is -0.457 e. The van der Waals surface area contributed by atoms with Gasteiger partial charge in [0.2, 0.25) is 0 Å². The quantitative estimate of drug-likeness (QED) is 0.389. The largest absolute Gasteiger partial charge is 0.457 e. The van der Waals surface area contributed by atoms with Crippen LogP contribution in [-0.4, -0.2) is 22.6 Å². The van der Waals surface area contributed by atoms with Crippen molar-refractivity contribution < 1.29 is 22.7 Å². The highest BCUT2D eigenvalue weighted by atomic mass is 19.4. The molecular formula is C20H18F3N3O2. The van der Waals surface area contributed by atoms with E-state index in [0.717, 1.165) is 12.1 Å². The van der Waals surface area contributed by atoms with Crippen LogP contribution >= 0.6 is 0 Å². The number of esters is 1. The molecule has 0 atom stereocenters. The summed E-state index contributed by atoms with van der Waals surface area (Å²) in [5.41, 5.74) is -0.659.